The lowest BCUT2D eigenvalue weighted by Crippen LogP contribution is -1.97. The SMILES string of the molecule is Oc1cccc(-c2nc3ccccc3n2-c2ccccc2)c1. The van der Waals surface area contributed by atoms with Crippen LogP contribution >= 0.6 is 0 Å². The summed E-state index contributed by atoms with van der Waals surface area (Å²) in [5, 5.41) is 9.77. The number of aromatic nitrogens is 2. The summed E-state index contributed by atoms with van der Waals surface area (Å²) in [6, 6.07) is 25.4. The van der Waals surface area contributed by atoms with Gasteiger partial charge in [-0.25, -0.2) is 4.98 Å². The number of phenols is 1. The van der Waals surface area contributed by atoms with Crippen molar-refractivity contribution in [3.63, 3.8) is 0 Å². The molecule has 0 fully saturated rings. The molecule has 0 aliphatic rings. The molecule has 4 rings (SSSR count). The predicted molar refractivity (Wildman–Crippen MR) is 88.2 cm³/mol. The van der Waals surface area contributed by atoms with Crippen LogP contribution in [-0.2, 0) is 0 Å². The van der Waals surface area contributed by atoms with E-state index in [-0.39, 0.29) is 5.75 Å². The average molecular weight is 286 g/mol. The average Bonchev–Trinajstić information content (AvgIpc) is 2.95. The van der Waals surface area contributed by atoms with E-state index in [0.29, 0.717) is 0 Å². The fourth-order valence-corrected chi connectivity index (χ4v) is 2.70. The molecular weight excluding hydrogens is 272 g/mol. The minimum Gasteiger partial charge on any atom is -0.508 e. The zero-order chi connectivity index (χ0) is 14.9. The lowest BCUT2D eigenvalue weighted by Gasteiger charge is -2.09. The van der Waals surface area contributed by atoms with Gasteiger partial charge in [-0.3, -0.25) is 4.57 Å². The van der Waals surface area contributed by atoms with E-state index in [1.54, 1.807) is 12.1 Å². The fourth-order valence-electron chi connectivity index (χ4n) is 2.70. The largest absolute Gasteiger partial charge is 0.508 e. The molecule has 0 unspecified atom stereocenters. The second-order valence-electron chi connectivity index (χ2n) is 5.15. The standard InChI is InChI=1S/C19H14N2O/c22-16-10-6-7-14(13-16)19-20-17-11-4-5-12-18(17)21(19)15-8-2-1-3-9-15/h1-13,22H. The van der Waals surface area contributed by atoms with E-state index in [9.17, 15) is 5.11 Å². The molecule has 3 nitrogen and oxygen atoms in total. The van der Waals surface area contributed by atoms with E-state index in [4.69, 9.17) is 4.98 Å². The Morgan fingerprint density at radius 3 is 2.36 bits per heavy atom. The highest BCUT2D eigenvalue weighted by Gasteiger charge is 2.13. The van der Waals surface area contributed by atoms with Gasteiger partial charge in [0, 0.05) is 11.3 Å². The van der Waals surface area contributed by atoms with Crippen molar-refractivity contribution in [3.8, 4) is 22.8 Å². The van der Waals surface area contributed by atoms with Gasteiger partial charge in [0.25, 0.3) is 0 Å². The minimum atomic E-state index is 0.240. The van der Waals surface area contributed by atoms with Crippen molar-refractivity contribution in [1.82, 2.24) is 9.55 Å². The zero-order valence-electron chi connectivity index (χ0n) is 11.8. The van der Waals surface area contributed by atoms with Crippen LogP contribution in [0.2, 0.25) is 0 Å². The van der Waals surface area contributed by atoms with Crippen LogP contribution in [0.5, 0.6) is 5.75 Å². The third-order valence-electron chi connectivity index (χ3n) is 3.68. The fraction of sp³-hybridized carbons (Fsp3) is 0. The quantitative estimate of drug-likeness (QED) is 0.593. The van der Waals surface area contributed by atoms with E-state index in [0.717, 1.165) is 28.1 Å². The lowest BCUT2D eigenvalue weighted by atomic mass is 10.2. The van der Waals surface area contributed by atoms with Gasteiger partial charge in [-0.15, -0.1) is 0 Å². The van der Waals surface area contributed by atoms with Gasteiger partial charge < -0.3 is 5.11 Å². The highest BCUT2D eigenvalue weighted by atomic mass is 16.3. The van der Waals surface area contributed by atoms with Crippen molar-refractivity contribution in [3.05, 3.63) is 78.9 Å². The van der Waals surface area contributed by atoms with E-state index in [1.165, 1.54) is 0 Å². The van der Waals surface area contributed by atoms with E-state index < -0.39 is 0 Å². The molecule has 106 valence electrons. The maximum atomic E-state index is 9.77. The van der Waals surface area contributed by atoms with Crippen molar-refractivity contribution in [2.45, 2.75) is 0 Å². The van der Waals surface area contributed by atoms with Crippen LogP contribution in [0.3, 0.4) is 0 Å². The number of hydrogen-bond donors (Lipinski definition) is 1. The predicted octanol–water partition coefficient (Wildman–Crippen LogP) is 4.40. The van der Waals surface area contributed by atoms with Gasteiger partial charge in [0.1, 0.15) is 11.6 Å². The van der Waals surface area contributed by atoms with Crippen LogP contribution in [-0.4, -0.2) is 14.7 Å². The first-order chi connectivity index (χ1) is 10.8. The number of fused-ring (bicyclic) bond motifs is 1. The topological polar surface area (TPSA) is 38.1 Å². The first-order valence-electron chi connectivity index (χ1n) is 7.15. The van der Waals surface area contributed by atoms with Crippen LogP contribution < -0.4 is 0 Å². The molecule has 0 radical (unpaired) electrons. The van der Waals surface area contributed by atoms with E-state index in [1.807, 2.05) is 48.5 Å². The summed E-state index contributed by atoms with van der Waals surface area (Å²) < 4.78 is 2.12. The molecule has 0 spiro atoms. The number of nitrogens with zero attached hydrogens (tertiary/aromatic N) is 2. The van der Waals surface area contributed by atoms with Crippen molar-refractivity contribution >= 4 is 11.0 Å². The molecule has 1 heterocycles. The number of aromatic hydroxyl groups is 1. The van der Waals surface area contributed by atoms with E-state index >= 15 is 0 Å². The normalized spacial score (nSPS) is 10.9. The second kappa shape index (κ2) is 5.04. The molecule has 22 heavy (non-hydrogen) atoms. The number of rotatable bonds is 2. The third kappa shape index (κ3) is 2.04. The lowest BCUT2D eigenvalue weighted by molar-refractivity contribution is 0.475. The summed E-state index contributed by atoms with van der Waals surface area (Å²) in [5.41, 5.74) is 3.92. The van der Waals surface area contributed by atoms with Gasteiger partial charge in [0.15, 0.2) is 0 Å². The minimum absolute atomic E-state index is 0.240. The molecule has 0 aliphatic carbocycles. The summed E-state index contributed by atoms with van der Waals surface area (Å²) in [4.78, 5) is 4.75. The molecule has 4 aromatic rings. The molecular formula is C19H14N2O. The Bertz CT molecular complexity index is 942. The summed E-state index contributed by atoms with van der Waals surface area (Å²) >= 11 is 0. The molecule has 0 amide bonds. The molecule has 1 aromatic heterocycles. The van der Waals surface area contributed by atoms with Gasteiger partial charge in [0.05, 0.1) is 11.0 Å². The Labute approximate surface area is 128 Å². The Morgan fingerprint density at radius 2 is 1.55 bits per heavy atom. The highest BCUT2D eigenvalue weighted by Crippen LogP contribution is 2.29. The maximum absolute atomic E-state index is 9.77. The molecule has 3 aromatic carbocycles. The highest BCUT2D eigenvalue weighted by molar-refractivity contribution is 5.83. The summed E-state index contributed by atoms with van der Waals surface area (Å²) in [6.45, 7) is 0. The van der Waals surface area contributed by atoms with Gasteiger partial charge in [-0.2, -0.15) is 0 Å². The molecule has 0 saturated carbocycles. The third-order valence-corrected chi connectivity index (χ3v) is 3.68. The van der Waals surface area contributed by atoms with Crippen LogP contribution in [0, 0.1) is 0 Å². The summed E-state index contributed by atoms with van der Waals surface area (Å²) in [7, 11) is 0. The second-order valence-corrected chi connectivity index (χ2v) is 5.15. The van der Waals surface area contributed by atoms with Crippen LogP contribution in [0.25, 0.3) is 28.1 Å². The Kier molecular flexibility index (Phi) is 2.90. The molecule has 0 aliphatic heterocycles. The van der Waals surface area contributed by atoms with Gasteiger partial charge in [-0.05, 0) is 36.4 Å². The number of phenolic OH excluding ortho intramolecular Hbond substituents is 1. The van der Waals surface area contributed by atoms with Gasteiger partial charge >= 0.3 is 0 Å². The first-order valence-corrected chi connectivity index (χ1v) is 7.15. The van der Waals surface area contributed by atoms with Crippen molar-refractivity contribution < 1.29 is 5.11 Å². The summed E-state index contributed by atoms with van der Waals surface area (Å²) in [5.74, 6) is 1.06. The van der Waals surface area contributed by atoms with E-state index in [2.05, 4.69) is 22.8 Å². The Hall–Kier alpha value is -3.07. The van der Waals surface area contributed by atoms with Crippen molar-refractivity contribution in [1.29, 1.82) is 0 Å². The number of benzene rings is 3. The van der Waals surface area contributed by atoms with Crippen LogP contribution in [0.15, 0.2) is 78.9 Å². The smallest absolute Gasteiger partial charge is 0.145 e. The van der Waals surface area contributed by atoms with Crippen molar-refractivity contribution in [2.24, 2.45) is 0 Å². The maximum Gasteiger partial charge on any atom is 0.145 e. The number of imidazole rings is 1. The zero-order valence-corrected chi connectivity index (χ0v) is 11.8. The Balaban J connectivity index is 2.06. The monoisotopic (exact) mass is 286 g/mol. The van der Waals surface area contributed by atoms with Crippen LogP contribution in [0.1, 0.15) is 0 Å². The molecule has 3 heteroatoms. The molecule has 1 N–H and O–H groups in total. The number of para-hydroxylation sites is 3. The molecule has 0 saturated heterocycles. The molecule has 0 atom stereocenters. The summed E-state index contributed by atoms with van der Waals surface area (Å²) in [6.07, 6.45) is 0. The Morgan fingerprint density at radius 1 is 0.773 bits per heavy atom. The molecule has 0 bridgehead atoms. The van der Waals surface area contributed by atoms with Crippen LogP contribution in [0.4, 0.5) is 0 Å². The first kappa shape index (κ1) is 12.7. The van der Waals surface area contributed by atoms with Gasteiger partial charge in [0.2, 0.25) is 0 Å². The van der Waals surface area contributed by atoms with Crippen molar-refractivity contribution in [2.75, 3.05) is 0 Å². The van der Waals surface area contributed by atoms with Gasteiger partial charge in [-0.1, -0.05) is 42.5 Å². The number of hydrogen-bond acceptors (Lipinski definition) is 2.